The van der Waals surface area contributed by atoms with Crippen molar-refractivity contribution in [1.82, 2.24) is 5.32 Å². The van der Waals surface area contributed by atoms with Crippen molar-refractivity contribution in [2.45, 2.75) is 24.8 Å². The second kappa shape index (κ2) is 4.06. The number of alkyl halides is 2. The lowest BCUT2D eigenvalue weighted by Gasteiger charge is -2.10. The van der Waals surface area contributed by atoms with Crippen LogP contribution in [-0.4, -0.2) is 18.5 Å². The standard InChI is InChI=1S/C11H12ClF2N/c12-9-3-1-8(2-4-9)5-10-6-11(13,14)7-15-10/h1-4,10,15H,5-7H2/t10-/m0/s1. The van der Waals surface area contributed by atoms with Crippen LogP contribution >= 0.6 is 11.6 Å². The molecule has 0 aromatic heterocycles. The lowest BCUT2D eigenvalue weighted by Crippen LogP contribution is -2.24. The van der Waals surface area contributed by atoms with Gasteiger partial charge < -0.3 is 5.32 Å². The Hall–Kier alpha value is -0.670. The van der Waals surface area contributed by atoms with E-state index in [4.69, 9.17) is 11.6 Å². The average Bonchev–Trinajstić information content (AvgIpc) is 2.50. The maximum atomic E-state index is 12.9. The molecule has 1 fully saturated rings. The van der Waals surface area contributed by atoms with Crippen LogP contribution in [0.15, 0.2) is 24.3 Å². The van der Waals surface area contributed by atoms with Gasteiger partial charge in [0.2, 0.25) is 0 Å². The Balaban J connectivity index is 1.96. The van der Waals surface area contributed by atoms with E-state index in [1.807, 2.05) is 12.1 Å². The van der Waals surface area contributed by atoms with E-state index in [1.165, 1.54) is 0 Å². The predicted molar refractivity (Wildman–Crippen MR) is 56.5 cm³/mol. The zero-order valence-corrected chi connectivity index (χ0v) is 8.90. The van der Waals surface area contributed by atoms with Crippen molar-refractivity contribution in [3.05, 3.63) is 34.9 Å². The van der Waals surface area contributed by atoms with Gasteiger partial charge in [0.15, 0.2) is 0 Å². The van der Waals surface area contributed by atoms with Gasteiger partial charge in [-0.05, 0) is 24.1 Å². The minimum absolute atomic E-state index is 0.0738. The monoisotopic (exact) mass is 231 g/mol. The number of benzene rings is 1. The largest absolute Gasteiger partial charge is 0.308 e. The zero-order chi connectivity index (χ0) is 10.9. The highest BCUT2D eigenvalue weighted by molar-refractivity contribution is 6.30. The van der Waals surface area contributed by atoms with Gasteiger partial charge in [0.25, 0.3) is 5.92 Å². The predicted octanol–water partition coefficient (Wildman–Crippen LogP) is 2.88. The van der Waals surface area contributed by atoms with E-state index in [2.05, 4.69) is 5.32 Å². The van der Waals surface area contributed by atoms with Crippen molar-refractivity contribution in [2.24, 2.45) is 0 Å². The molecule has 2 rings (SSSR count). The molecule has 4 heteroatoms. The van der Waals surface area contributed by atoms with Gasteiger partial charge in [0.05, 0.1) is 6.54 Å². The molecule has 0 bridgehead atoms. The molecule has 0 radical (unpaired) electrons. The molecule has 1 aliphatic rings. The molecule has 1 saturated heterocycles. The van der Waals surface area contributed by atoms with Gasteiger partial charge in [-0.2, -0.15) is 0 Å². The summed E-state index contributed by atoms with van der Waals surface area (Å²) in [4.78, 5) is 0. The van der Waals surface area contributed by atoms with Crippen molar-refractivity contribution in [3.8, 4) is 0 Å². The summed E-state index contributed by atoms with van der Waals surface area (Å²) in [6, 6.07) is 7.19. The third kappa shape index (κ3) is 2.89. The Morgan fingerprint density at radius 3 is 2.53 bits per heavy atom. The second-order valence-corrected chi connectivity index (χ2v) is 4.40. The van der Waals surface area contributed by atoms with Crippen molar-refractivity contribution < 1.29 is 8.78 Å². The number of hydrogen-bond acceptors (Lipinski definition) is 1. The first-order valence-corrected chi connectivity index (χ1v) is 5.29. The van der Waals surface area contributed by atoms with Crippen LogP contribution in [0, 0.1) is 0 Å². The molecule has 15 heavy (non-hydrogen) atoms. The van der Waals surface area contributed by atoms with Gasteiger partial charge >= 0.3 is 0 Å². The van der Waals surface area contributed by atoms with Crippen LogP contribution in [0.4, 0.5) is 8.78 Å². The molecular formula is C11H12ClF2N. The number of rotatable bonds is 2. The lowest BCUT2D eigenvalue weighted by molar-refractivity contribution is 0.0211. The topological polar surface area (TPSA) is 12.0 Å². The van der Waals surface area contributed by atoms with E-state index >= 15 is 0 Å². The molecule has 1 aromatic carbocycles. The molecule has 0 saturated carbocycles. The second-order valence-electron chi connectivity index (χ2n) is 3.97. The molecule has 0 aliphatic carbocycles. The Morgan fingerprint density at radius 2 is 2.00 bits per heavy atom. The highest BCUT2D eigenvalue weighted by Gasteiger charge is 2.38. The summed E-state index contributed by atoms with van der Waals surface area (Å²) in [5, 5.41) is 3.50. The van der Waals surface area contributed by atoms with Crippen LogP contribution in [0.1, 0.15) is 12.0 Å². The molecule has 0 unspecified atom stereocenters. The first-order valence-electron chi connectivity index (χ1n) is 4.91. The highest BCUT2D eigenvalue weighted by atomic mass is 35.5. The fourth-order valence-corrected chi connectivity index (χ4v) is 1.97. The van der Waals surface area contributed by atoms with Crippen molar-refractivity contribution in [3.63, 3.8) is 0 Å². The first-order chi connectivity index (χ1) is 7.05. The average molecular weight is 232 g/mol. The SMILES string of the molecule is FC1(F)CN[C@@H](Cc2ccc(Cl)cc2)C1. The summed E-state index contributed by atoms with van der Waals surface area (Å²) in [6.07, 6.45) is 0.558. The molecule has 0 amide bonds. The van der Waals surface area contributed by atoms with Crippen LogP contribution in [0.25, 0.3) is 0 Å². The first kappa shape index (κ1) is 10.8. The molecule has 1 atom stereocenters. The van der Waals surface area contributed by atoms with E-state index in [0.29, 0.717) is 11.4 Å². The summed E-state index contributed by atoms with van der Waals surface area (Å²) in [5.74, 6) is -2.54. The maximum Gasteiger partial charge on any atom is 0.261 e. The zero-order valence-electron chi connectivity index (χ0n) is 8.14. The summed E-state index contributed by atoms with van der Waals surface area (Å²) < 4.78 is 25.8. The van der Waals surface area contributed by atoms with Crippen LogP contribution in [0.3, 0.4) is 0 Å². The van der Waals surface area contributed by atoms with Gasteiger partial charge in [-0.25, -0.2) is 8.78 Å². The Morgan fingerprint density at radius 1 is 1.33 bits per heavy atom. The summed E-state index contributed by atoms with van der Waals surface area (Å²) in [7, 11) is 0. The van der Waals surface area contributed by atoms with Crippen molar-refractivity contribution in [2.75, 3.05) is 6.54 Å². The van der Waals surface area contributed by atoms with Crippen LogP contribution < -0.4 is 5.32 Å². The van der Waals surface area contributed by atoms with Crippen LogP contribution in [-0.2, 0) is 6.42 Å². The fraction of sp³-hybridized carbons (Fsp3) is 0.455. The van der Waals surface area contributed by atoms with Gasteiger partial charge in [-0.15, -0.1) is 0 Å². The minimum Gasteiger partial charge on any atom is -0.308 e. The Kier molecular flexibility index (Phi) is 2.94. The van der Waals surface area contributed by atoms with Gasteiger partial charge in [0.1, 0.15) is 0 Å². The highest BCUT2D eigenvalue weighted by Crippen LogP contribution is 2.26. The molecular weight excluding hydrogens is 220 g/mol. The number of halogens is 3. The van der Waals surface area contributed by atoms with Crippen LogP contribution in [0.2, 0.25) is 5.02 Å². The van der Waals surface area contributed by atoms with E-state index in [-0.39, 0.29) is 19.0 Å². The number of nitrogens with one attached hydrogen (secondary N) is 1. The number of hydrogen-bond donors (Lipinski definition) is 1. The van der Waals surface area contributed by atoms with Gasteiger partial charge in [-0.1, -0.05) is 23.7 Å². The third-order valence-corrected chi connectivity index (χ3v) is 2.84. The van der Waals surface area contributed by atoms with Gasteiger partial charge in [0, 0.05) is 17.5 Å². The molecule has 0 spiro atoms. The van der Waals surface area contributed by atoms with Crippen molar-refractivity contribution in [1.29, 1.82) is 0 Å². The molecule has 1 heterocycles. The van der Waals surface area contributed by atoms with E-state index < -0.39 is 5.92 Å². The van der Waals surface area contributed by atoms with E-state index in [1.54, 1.807) is 12.1 Å². The molecule has 1 aromatic rings. The lowest BCUT2D eigenvalue weighted by atomic mass is 10.0. The molecule has 1 N–H and O–H groups in total. The van der Waals surface area contributed by atoms with E-state index in [9.17, 15) is 8.78 Å². The fourth-order valence-electron chi connectivity index (χ4n) is 1.85. The molecule has 1 nitrogen and oxygen atoms in total. The van der Waals surface area contributed by atoms with Gasteiger partial charge in [-0.3, -0.25) is 0 Å². The van der Waals surface area contributed by atoms with E-state index in [0.717, 1.165) is 5.56 Å². The molecule has 82 valence electrons. The summed E-state index contributed by atoms with van der Waals surface area (Å²) in [6.45, 7) is -0.203. The third-order valence-electron chi connectivity index (χ3n) is 2.59. The van der Waals surface area contributed by atoms with Crippen LogP contribution in [0.5, 0.6) is 0 Å². The summed E-state index contributed by atoms with van der Waals surface area (Å²) >= 11 is 5.74. The smallest absolute Gasteiger partial charge is 0.261 e. The Labute approximate surface area is 92.4 Å². The Bertz CT molecular complexity index is 337. The quantitative estimate of drug-likeness (QED) is 0.825. The molecule has 1 aliphatic heterocycles. The maximum absolute atomic E-state index is 12.9. The normalized spacial score (nSPS) is 24.3. The minimum atomic E-state index is -2.54. The summed E-state index contributed by atoms with van der Waals surface area (Å²) in [5.41, 5.74) is 1.04. The van der Waals surface area contributed by atoms with Crippen molar-refractivity contribution >= 4 is 11.6 Å².